The summed E-state index contributed by atoms with van der Waals surface area (Å²) in [5.74, 6) is -0.0660. The Morgan fingerprint density at radius 3 is 2.70 bits per heavy atom. The summed E-state index contributed by atoms with van der Waals surface area (Å²) in [7, 11) is 0. The third-order valence-corrected chi connectivity index (χ3v) is 4.48. The maximum atomic E-state index is 12.2. The average Bonchev–Trinajstić information content (AvgIpc) is 2.53. The van der Waals surface area contributed by atoms with Crippen molar-refractivity contribution in [2.45, 2.75) is 37.6 Å². The lowest BCUT2D eigenvalue weighted by atomic mass is 10.1. The molecule has 1 amide bonds. The van der Waals surface area contributed by atoms with Gasteiger partial charge in [0, 0.05) is 12.2 Å². The molecule has 0 spiro atoms. The van der Waals surface area contributed by atoms with E-state index < -0.39 is 0 Å². The van der Waals surface area contributed by atoms with Crippen LogP contribution in [0.25, 0.3) is 0 Å². The minimum atomic E-state index is -0.320. The fourth-order valence-corrected chi connectivity index (χ4v) is 3.22. The summed E-state index contributed by atoms with van der Waals surface area (Å²) in [6.45, 7) is 6.09. The largest absolute Gasteiger partial charge is 0.351 e. The van der Waals surface area contributed by atoms with Gasteiger partial charge in [0.1, 0.15) is 11.1 Å². The first-order valence-corrected chi connectivity index (χ1v) is 8.26. The van der Waals surface area contributed by atoms with Gasteiger partial charge in [0.25, 0.3) is 0 Å². The summed E-state index contributed by atoms with van der Waals surface area (Å²) in [5.41, 5.74) is 3.34. The van der Waals surface area contributed by atoms with Crippen LogP contribution < -0.4 is 5.32 Å². The Morgan fingerprint density at radius 1 is 1.35 bits per heavy atom. The van der Waals surface area contributed by atoms with Crippen LogP contribution in [0.2, 0.25) is 0 Å². The van der Waals surface area contributed by atoms with Crippen LogP contribution in [-0.2, 0) is 11.3 Å². The monoisotopic (exact) mass is 325 g/mol. The van der Waals surface area contributed by atoms with E-state index in [1.807, 2.05) is 57.2 Å². The van der Waals surface area contributed by atoms with Crippen molar-refractivity contribution in [2.24, 2.45) is 0 Å². The zero-order valence-corrected chi connectivity index (χ0v) is 14.3. The summed E-state index contributed by atoms with van der Waals surface area (Å²) < 4.78 is 0. The van der Waals surface area contributed by atoms with E-state index >= 15 is 0 Å². The normalized spacial score (nSPS) is 11.6. The molecule has 5 heteroatoms. The highest BCUT2D eigenvalue weighted by atomic mass is 32.2. The first kappa shape index (κ1) is 17.0. The molecule has 0 bridgehead atoms. The van der Waals surface area contributed by atoms with Crippen molar-refractivity contribution >= 4 is 17.7 Å². The van der Waals surface area contributed by atoms with E-state index in [0.717, 1.165) is 16.8 Å². The van der Waals surface area contributed by atoms with E-state index in [1.54, 1.807) is 0 Å². The lowest BCUT2D eigenvalue weighted by molar-refractivity contribution is -0.120. The van der Waals surface area contributed by atoms with Crippen molar-refractivity contribution in [3.63, 3.8) is 0 Å². The van der Waals surface area contributed by atoms with Crippen LogP contribution in [0, 0.1) is 25.2 Å². The molecule has 1 N–H and O–H groups in total. The minimum Gasteiger partial charge on any atom is -0.351 e. The zero-order chi connectivity index (χ0) is 16.8. The fraction of sp³-hybridized carbons (Fsp3) is 0.278. The zero-order valence-electron chi connectivity index (χ0n) is 13.5. The van der Waals surface area contributed by atoms with E-state index in [2.05, 4.69) is 16.4 Å². The van der Waals surface area contributed by atoms with Gasteiger partial charge in [0.05, 0.1) is 10.8 Å². The number of amides is 1. The number of hydrogen-bond donors (Lipinski definition) is 1. The second kappa shape index (κ2) is 7.80. The Labute approximate surface area is 140 Å². The maximum absolute atomic E-state index is 12.2. The first-order valence-electron chi connectivity index (χ1n) is 7.38. The lowest BCUT2D eigenvalue weighted by Gasteiger charge is -2.13. The molecule has 0 aliphatic carbocycles. The van der Waals surface area contributed by atoms with E-state index in [0.29, 0.717) is 17.1 Å². The van der Waals surface area contributed by atoms with Crippen LogP contribution in [0.15, 0.2) is 41.4 Å². The molecule has 1 aromatic heterocycles. The molecule has 1 atom stereocenters. The van der Waals surface area contributed by atoms with Gasteiger partial charge in [0.2, 0.25) is 5.91 Å². The number of rotatable bonds is 5. The predicted octanol–water partition coefficient (Wildman–Crippen LogP) is 3.37. The number of hydrogen-bond acceptors (Lipinski definition) is 4. The molecule has 0 aliphatic rings. The summed E-state index contributed by atoms with van der Waals surface area (Å²) >= 11 is 1.32. The fourth-order valence-electron chi connectivity index (χ4n) is 2.17. The van der Waals surface area contributed by atoms with Gasteiger partial charge in [-0.05, 0) is 38.0 Å². The Morgan fingerprint density at radius 2 is 2.04 bits per heavy atom. The molecule has 118 valence electrons. The SMILES string of the molecule is Cc1cc(C)c(C#N)c(S[C@@H](C)C(=O)NCc2ccccc2)n1. The van der Waals surface area contributed by atoms with Gasteiger partial charge >= 0.3 is 0 Å². The van der Waals surface area contributed by atoms with Crippen LogP contribution in [0.5, 0.6) is 0 Å². The van der Waals surface area contributed by atoms with Crippen molar-refractivity contribution in [1.29, 1.82) is 5.26 Å². The molecule has 2 rings (SSSR count). The molecule has 0 saturated heterocycles. The number of thioether (sulfide) groups is 1. The van der Waals surface area contributed by atoms with E-state index in [-0.39, 0.29) is 11.2 Å². The molecule has 0 saturated carbocycles. The molecule has 0 fully saturated rings. The van der Waals surface area contributed by atoms with Gasteiger partial charge in [-0.25, -0.2) is 4.98 Å². The summed E-state index contributed by atoms with van der Waals surface area (Å²) in [4.78, 5) is 16.7. The first-order chi connectivity index (χ1) is 11.0. The van der Waals surface area contributed by atoms with Crippen LogP contribution in [0.1, 0.15) is 29.3 Å². The molecule has 0 aliphatic heterocycles. The molecule has 1 aromatic carbocycles. The molecule has 2 aromatic rings. The van der Waals surface area contributed by atoms with Gasteiger partial charge in [-0.3, -0.25) is 4.79 Å². The highest BCUT2D eigenvalue weighted by Gasteiger charge is 2.18. The highest BCUT2D eigenvalue weighted by molar-refractivity contribution is 8.00. The summed E-state index contributed by atoms with van der Waals surface area (Å²) in [6, 6.07) is 13.8. The van der Waals surface area contributed by atoms with Gasteiger partial charge in [0.15, 0.2) is 0 Å². The summed E-state index contributed by atoms with van der Waals surface area (Å²) in [5, 5.41) is 12.5. The van der Waals surface area contributed by atoms with E-state index in [9.17, 15) is 10.1 Å². The molecule has 23 heavy (non-hydrogen) atoms. The van der Waals surface area contributed by atoms with Crippen molar-refractivity contribution in [3.8, 4) is 6.07 Å². The van der Waals surface area contributed by atoms with Crippen molar-refractivity contribution in [3.05, 3.63) is 58.8 Å². The van der Waals surface area contributed by atoms with Crippen LogP contribution in [-0.4, -0.2) is 16.1 Å². The van der Waals surface area contributed by atoms with E-state index in [1.165, 1.54) is 11.8 Å². The number of aryl methyl sites for hydroxylation is 2. The summed E-state index contributed by atoms with van der Waals surface area (Å²) in [6.07, 6.45) is 0. The Balaban J connectivity index is 2.03. The van der Waals surface area contributed by atoms with E-state index in [4.69, 9.17) is 0 Å². The molecule has 1 heterocycles. The topological polar surface area (TPSA) is 65.8 Å². The quantitative estimate of drug-likeness (QED) is 0.856. The number of nitriles is 1. The van der Waals surface area contributed by atoms with Crippen LogP contribution in [0.4, 0.5) is 0 Å². The number of benzene rings is 1. The third-order valence-electron chi connectivity index (χ3n) is 3.39. The molecule has 4 nitrogen and oxygen atoms in total. The van der Waals surface area contributed by atoms with Crippen molar-refractivity contribution in [1.82, 2.24) is 10.3 Å². The number of pyridine rings is 1. The second-order valence-electron chi connectivity index (χ2n) is 5.34. The van der Waals surface area contributed by atoms with Crippen LogP contribution in [0.3, 0.4) is 0 Å². The lowest BCUT2D eigenvalue weighted by Crippen LogP contribution is -2.30. The smallest absolute Gasteiger partial charge is 0.233 e. The molecular weight excluding hydrogens is 306 g/mol. The average molecular weight is 325 g/mol. The predicted molar refractivity (Wildman–Crippen MR) is 92.0 cm³/mol. The molecular formula is C18H19N3OS. The molecule has 0 radical (unpaired) electrons. The Kier molecular flexibility index (Phi) is 5.78. The number of nitrogens with zero attached hydrogens (tertiary/aromatic N) is 2. The standard InChI is InChI=1S/C18H19N3OS/c1-12-9-13(2)21-18(16(12)10-19)23-14(3)17(22)20-11-15-7-5-4-6-8-15/h4-9,14H,11H2,1-3H3,(H,20,22)/t14-/m0/s1. The number of carbonyl (C=O) groups is 1. The highest BCUT2D eigenvalue weighted by Crippen LogP contribution is 2.27. The van der Waals surface area contributed by atoms with Gasteiger partial charge in [-0.2, -0.15) is 5.26 Å². The number of aromatic nitrogens is 1. The minimum absolute atomic E-state index is 0.0660. The van der Waals surface area contributed by atoms with Crippen molar-refractivity contribution < 1.29 is 4.79 Å². The Hall–Kier alpha value is -2.32. The van der Waals surface area contributed by atoms with Gasteiger partial charge < -0.3 is 5.32 Å². The number of nitrogens with one attached hydrogen (secondary N) is 1. The van der Waals surface area contributed by atoms with Crippen LogP contribution >= 0.6 is 11.8 Å². The third kappa shape index (κ3) is 4.57. The second-order valence-corrected chi connectivity index (χ2v) is 6.67. The van der Waals surface area contributed by atoms with Gasteiger partial charge in [-0.15, -0.1) is 0 Å². The van der Waals surface area contributed by atoms with Crippen molar-refractivity contribution in [2.75, 3.05) is 0 Å². The molecule has 0 unspecified atom stereocenters. The van der Waals surface area contributed by atoms with Gasteiger partial charge in [-0.1, -0.05) is 42.1 Å². The maximum Gasteiger partial charge on any atom is 0.233 e. The Bertz CT molecular complexity index is 738. The number of carbonyl (C=O) groups excluding carboxylic acids is 1.